The molecule has 1 heterocycles. The first-order valence-electron chi connectivity index (χ1n) is 5.92. The second-order valence-corrected chi connectivity index (χ2v) is 4.17. The van der Waals surface area contributed by atoms with E-state index in [0.29, 0.717) is 18.3 Å². The number of nitrogens with zero attached hydrogens (tertiary/aromatic N) is 3. The van der Waals surface area contributed by atoms with Crippen LogP contribution in [0.15, 0.2) is 40.9 Å². The van der Waals surface area contributed by atoms with Crippen LogP contribution in [0.25, 0.3) is 6.08 Å². The Labute approximate surface area is 111 Å². The van der Waals surface area contributed by atoms with E-state index in [4.69, 9.17) is 4.52 Å². The highest BCUT2D eigenvalue weighted by molar-refractivity contribution is 5.91. The van der Waals surface area contributed by atoms with Gasteiger partial charge in [0.1, 0.15) is 0 Å². The quantitative estimate of drug-likeness (QED) is 0.786. The Balaban J connectivity index is 1.94. The van der Waals surface area contributed by atoms with Crippen LogP contribution in [0.1, 0.15) is 17.3 Å². The van der Waals surface area contributed by atoms with E-state index in [1.165, 1.54) is 11.0 Å². The summed E-state index contributed by atoms with van der Waals surface area (Å²) in [5, 5.41) is 3.75. The van der Waals surface area contributed by atoms with Crippen molar-refractivity contribution in [2.24, 2.45) is 0 Å². The van der Waals surface area contributed by atoms with Gasteiger partial charge in [-0.25, -0.2) is 0 Å². The van der Waals surface area contributed by atoms with Gasteiger partial charge in [-0.1, -0.05) is 35.5 Å². The zero-order valence-corrected chi connectivity index (χ0v) is 10.9. The average Bonchev–Trinajstić information content (AvgIpc) is 2.82. The Morgan fingerprint density at radius 1 is 1.37 bits per heavy atom. The fraction of sp³-hybridized carbons (Fsp3) is 0.214. The van der Waals surface area contributed by atoms with Gasteiger partial charge < -0.3 is 9.42 Å². The molecule has 0 aliphatic carbocycles. The van der Waals surface area contributed by atoms with Crippen LogP contribution in [-0.4, -0.2) is 28.0 Å². The standard InChI is InChI=1S/C14H15N3O2/c1-11-15-13(16-19-11)10-17(2)14(18)9-8-12-6-4-3-5-7-12/h3-9H,10H2,1-2H3. The van der Waals surface area contributed by atoms with E-state index in [1.807, 2.05) is 30.3 Å². The van der Waals surface area contributed by atoms with Crippen molar-refractivity contribution in [3.8, 4) is 0 Å². The van der Waals surface area contributed by atoms with E-state index in [9.17, 15) is 4.79 Å². The second-order valence-electron chi connectivity index (χ2n) is 4.17. The van der Waals surface area contributed by atoms with Gasteiger partial charge in [-0.2, -0.15) is 4.98 Å². The Kier molecular flexibility index (Phi) is 4.07. The summed E-state index contributed by atoms with van der Waals surface area (Å²) in [6, 6.07) is 9.66. The summed E-state index contributed by atoms with van der Waals surface area (Å²) in [6.45, 7) is 2.04. The molecule has 0 aliphatic heterocycles. The summed E-state index contributed by atoms with van der Waals surface area (Å²) in [5.41, 5.74) is 0.986. The number of hydrogen-bond acceptors (Lipinski definition) is 4. The third kappa shape index (κ3) is 3.77. The molecule has 19 heavy (non-hydrogen) atoms. The van der Waals surface area contributed by atoms with Crippen molar-refractivity contribution in [2.75, 3.05) is 7.05 Å². The summed E-state index contributed by atoms with van der Waals surface area (Å²) >= 11 is 0. The Morgan fingerprint density at radius 2 is 2.11 bits per heavy atom. The minimum Gasteiger partial charge on any atom is -0.340 e. The van der Waals surface area contributed by atoms with Crippen LogP contribution in [-0.2, 0) is 11.3 Å². The van der Waals surface area contributed by atoms with Gasteiger partial charge in [0.2, 0.25) is 11.8 Å². The lowest BCUT2D eigenvalue weighted by Crippen LogP contribution is -2.24. The normalized spacial score (nSPS) is 10.8. The number of aromatic nitrogens is 2. The molecule has 0 radical (unpaired) electrons. The fourth-order valence-electron chi connectivity index (χ4n) is 1.55. The largest absolute Gasteiger partial charge is 0.340 e. The Morgan fingerprint density at radius 3 is 2.74 bits per heavy atom. The molecule has 1 aromatic carbocycles. The molecule has 1 amide bonds. The summed E-state index contributed by atoms with van der Waals surface area (Å²) in [7, 11) is 1.70. The highest BCUT2D eigenvalue weighted by Gasteiger charge is 2.09. The van der Waals surface area contributed by atoms with Crippen LogP contribution < -0.4 is 0 Å². The molecule has 2 aromatic rings. The molecule has 98 valence electrons. The lowest BCUT2D eigenvalue weighted by atomic mass is 10.2. The van der Waals surface area contributed by atoms with E-state index >= 15 is 0 Å². The van der Waals surface area contributed by atoms with Gasteiger partial charge in [-0.05, 0) is 11.6 Å². The number of carbonyl (C=O) groups excluding carboxylic acids is 1. The third-order valence-corrected chi connectivity index (χ3v) is 2.54. The smallest absolute Gasteiger partial charge is 0.246 e. The van der Waals surface area contributed by atoms with Gasteiger partial charge in [0, 0.05) is 20.0 Å². The van der Waals surface area contributed by atoms with Gasteiger partial charge in [-0.3, -0.25) is 4.79 Å². The minimum absolute atomic E-state index is 0.105. The predicted molar refractivity (Wildman–Crippen MR) is 71.0 cm³/mol. The number of hydrogen-bond donors (Lipinski definition) is 0. The van der Waals surface area contributed by atoms with E-state index < -0.39 is 0 Å². The van der Waals surface area contributed by atoms with Crippen LogP contribution in [0.2, 0.25) is 0 Å². The number of likely N-dealkylation sites (N-methyl/N-ethyl adjacent to an activating group) is 1. The van der Waals surface area contributed by atoms with Gasteiger partial charge in [0.15, 0.2) is 5.82 Å². The first kappa shape index (κ1) is 13.0. The predicted octanol–water partition coefficient (Wildman–Crippen LogP) is 2.05. The highest BCUT2D eigenvalue weighted by atomic mass is 16.5. The van der Waals surface area contributed by atoms with Crippen molar-refractivity contribution in [2.45, 2.75) is 13.5 Å². The van der Waals surface area contributed by atoms with Crippen LogP contribution >= 0.6 is 0 Å². The van der Waals surface area contributed by atoms with Crippen molar-refractivity contribution < 1.29 is 9.32 Å². The van der Waals surface area contributed by atoms with Crippen LogP contribution in [0.5, 0.6) is 0 Å². The highest BCUT2D eigenvalue weighted by Crippen LogP contribution is 2.03. The monoisotopic (exact) mass is 257 g/mol. The third-order valence-electron chi connectivity index (χ3n) is 2.54. The summed E-state index contributed by atoms with van der Waals surface area (Å²) in [5.74, 6) is 0.892. The lowest BCUT2D eigenvalue weighted by molar-refractivity contribution is -0.125. The minimum atomic E-state index is -0.105. The number of aryl methyl sites for hydroxylation is 1. The maximum atomic E-state index is 11.9. The van der Waals surface area contributed by atoms with E-state index in [2.05, 4.69) is 10.1 Å². The molecule has 0 saturated heterocycles. The molecule has 0 saturated carbocycles. The first-order chi connectivity index (χ1) is 9.15. The summed E-state index contributed by atoms with van der Waals surface area (Å²) in [4.78, 5) is 17.5. The molecule has 0 unspecified atom stereocenters. The molecule has 0 bridgehead atoms. The molecule has 2 rings (SSSR count). The van der Waals surface area contributed by atoms with Crippen LogP contribution in [0, 0.1) is 6.92 Å². The first-order valence-corrected chi connectivity index (χ1v) is 5.92. The van der Waals surface area contributed by atoms with Crippen LogP contribution in [0.4, 0.5) is 0 Å². The van der Waals surface area contributed by atoms with Crippen molar-refractivity contribution >= 4 is 12.0 Å². The van der Waals surface area contributed by atoms with Gasteiger partial charge in [0.25, 0.3) is 0 Å². The van der Waals surface area contributed by atoms with E-state index in [0.717, 1.165) is 5.56 Å². The zero-order valence-electron chi connectivity index (χ0n) is 10.9. The van der Waals surface area contributed by atoms with Crippen molar-refractivity contribution in [1.29, 1.82) is 0 Å². The van der Waals surface area contributed by atoms with Gasteiger partial charge >= 0.3 is 0 Å². The fourth-order valence-corrected chi connectivity index (χ4v) is 1.55. The Hall–Kier alpha value is -2.43. The molecule has 0 aliphatic rings. The van der Waals surface area contributed by atoms with Gasteiger partial charge in [-0.15, -0.1) is 0 Å². The topological polar surface area (TPSA) is 59.2 Å². The number of carbonyl (C=O) groups is 1. The van der Waals surface area contributed by atoms with E-state index in [1.54, 1.807) is 20.0 Å². The molecule has 0 N–H and O–H groups in total. The zero-order chi connectivity index (χ0) is 13.7. The maximum Gasteiger partial charge on any atom is 0.246 e. The molecular weight excluding hydrogens is 242 g/mol. The molecule has 1 aromatic heterocycles. The Bertz CT molecular complexity index is 575. The van der Waals surface area contributed by atoms with Gasteiger partial charge in [0.05, 0.1) is 6.54 Å². The average molecular weight is 257 g/mol. The number of amides is 1. The van der Waals surface area contributed by atoms with Crippen molar-refractivity contribution in [1.82, 2.24) is 15.0 Å². The molecule has 0 atom stereocenters. The molecular formula is C14H15N3O2. The van der Waals surface area contributed by atoms with E-state index in [-0.39, 0.29) is 5.91 Å². The number of rotatable bonds is 4. The van der Waals surface area contributed by atoms with Crippen LogP contribution in [0.3, 0.4) is 0 Å². The lowest BCUT2D eigenvalue weighted by Gasteiger charge is -2.11. The molecule has 0 fully saturated rings. The number of benzene rings is 1. The van der Waals surface area contributed by atoms with Crippen molar-refractivity contribution in [3.05, 3.63) is 53.7 Å². The molecule has 5 heteroatoms. The summed E-state index contributed by atoms with van der Waals surface area (Å²) in [6.07, 6.45) is 3.31. The maximum absolute atomic E-state index is 11.9. The molecule has 0 spiro atoms. The van der Waals surface area contributed by atoms with Crippen molar-refractivity contribution in [3.63, 3.8) is 0 Å². The summed E-state index contributed by atoms with van der Waals surface area (Å²) < 4.78 is 4.86. The SMILES string of the molecule is Cc1nc(CN(C)C(=O)C=Cc2ccccc2)no1. The molecule has 5 nitrogen and oxygen atoms in total. The second kappa shape index (κ2) is 5.95.